The van der Waals surface area contributed by atoms with Gasteiger partial charge in [-0.1, -0.05) is 43.3 Å². The second-order valence-electron chi connectivity index (χ2n) is 6.36. The van der Waals surface area contributed by atoms with Crippen LogP contribution in [-0.4, -0.2) is 11.8 Å². The van der Waals surface area contributed by atoms with Crippen molar-refractivity contribution in [3.05, 3.63) is 59.7 Å². The summed E-state index contributed by atoms with van der Waals surface area (Å²) in [6, 6.07) is 15.0. The van der Waals surface area contributed by atoms with E-state index >= 15 is 0 Å². The van der Waals surface area contributed by atoms with Crippen LogP contribution in [0, 0.1) is 12.3 Å². The zero-order chi connectivity index (χ0) is 17.7. The second kappa shape index (κ2) is 7.30. The van der Waals surface area contributed by atoms with Gasteiger partial charge in [0, 0.05) is 11.4 Å². The van der Waals surface area contributed by atoms with Gasteiger partial charge in [0.25, 0.3) is 0 Å². The Morgan fingerprint density at radius 3 is 2.17 bits per heavy atom. The van der Waals surface area contributed by atoms with Crippen LogP contribution < -0.4 is 10.6 Å². The highest BCUT2D eigenvalue weighted by atomic mass is 16.2. The van der Waals surface area contributed by atoms with Crippen LogP contribution in [0.5, 0.6) is 0 Å². The lowest BCUT2D eigenvalue weighted by Crippen LogP contribution is -2.41. The summed E-state index contributed by atoms with van der Waals surface area (Å²) >= 11 is 0. The summed E-state index contributed by atoms with van der Waals surface area (Å²) in [5.41, 5.74) is 2.33. The van der Waals surface area contributed by atoms with Crippen molar-refractivity contribution in [3.8, 4) is 0 Å². The third kappa shape index (κ3) is 3.82. The maximum absolute atomic E-state index is 12.7. The van der Waals surface area contributed by atoms with Gasteiger partial charge in [-0.25, -0.2) is 0 Å². The Bertz CT molecular complexity index is 737. The molecule has 0 fully saturated rings. The van der Waals surface area contributed by atoms with Crippen LogP contribution in [0.25, 0.3) is 0 Å². The van der Waals surface area contributed by atoms with Gasteiger partial charge in [-0.3, -0.25) is 9.59 Å². The number of anilines is 2. The summed E-state index contributed by atoms with van der Waals surface area (Å²) in [5, 5.41) is 5.73. The van der Waals surface area contributed by atoms with E-state index < -0.39 is 5.41 Å². The quantitative estimate of drug-likeness (QED) is 0.811. The molecule has 0 aliphatic rings. The maximum Gasteiger partial charge on any atom is 0.239 e. The predicted molar refractivity (Wildman–Crippen MR) is 98.0 cm³/mol. The lowest BCUT2D eigenvalue weighted by atomic mass is 9.90. The Balaban J connectivity index is 2.17. The van der Waals surface area contributed by atoms with Gasteiger partial charge in [0.1, 0.15) is 5.41 Å². The van der Waals surface area contributed by atoms with Gasteiger partial charge in [-0.2, -0.15) is 0 Å². The molecular formula is C20H24N2O2. The van der Waals surface area contributed by atoms with E-state index in [2.05, 4.69) is 10.6 Å². The molecule has 0 radical (unpaired) electrons. The van der Waals surface area contributed by atoms with E-state index in [-0.39, 0.29) is 11.8 Å². The number of rotatable bonds is 5. The fourth-order valence-electron chi connectivity index (χ4n) is 2.38. The zero-order valence-corrected chi connectivity index (χ0v) is 14.6. The lowest BCUT2D eigenvalue weighted by Gasteiger charge is -2.24. The van der Waals surface area contributed by atoms with Crippen molar-refractivity contribution in [3.63, 3.8) is 0 Å². The zero-order valence-electron chi connectivity index (χ0n) is 14.6. The third-order valence-corrected chi connectivity index (χ3v) is 4.15. The minimum Gasteiger partial charge on any atom is -0.325 e. The molecule has 0 aliphatic carbocycles. The highest BCUT2D eigenvalue weighted by molar-refractivity contribution is 6.14. The van der Waals surface area contributed by atoms with E-state index in [9.17, 15) is 9.59 Å². The average Bonchev–Trinajstić information content (AvgIpc) is 2.57. The fraction of sp³-hybridized carbons (Fsp3) is 0.300. The molecule has 0 atom stereocenters. The van der Waals surface area contributed by atoms with Crippen molar-refractivity contribution in [2.75, 3.05) is 10.6 Å². The molecule has 24 heavy (non-hydrogen) atoms. The van der Waals surface area contributed by atoms with E-state index in [1.165, 1.54) is 0 Å². The minimum atomic E-state index is -1.19. The molecule has 0 saturated carbocycles. The van der Waals surface area contributed by atoms with E-state index in [1.807, 2.05) is 50.2 Å². The van der Waals surface area contributed by atoms with Crippen molar-refractivity contribution in [2.45, 2.75) is 34.1 Å². The maximum atomic E-state index is 12.7. The summed E-state index contributed by atoms with van der Waals surface area (Å²) in [6.07, 6.45) is 0.813. The Morgan fingerprint density at radius 1 is 0.917 bits per heavy atom. The van der Waals surface area contributed by atoms with Gasteiger partial charge in [0.2, 0.25) is 11.8 Å². The SMILES string of the molecule is CCc1cccc(C)c1NC(=O)C(C)(C)C(=O)Nc1ccccc1. The largest absolute Gasteiger partial charge is 0.325 e. The first-order valence-electron chi connectivity index (χ1n) is 8.12. The summed E-state index contributed by atoms with van der Waals surface area (Å²) in [6.45, 7) is 7.25. The Hall–Kier alpha value is -2.62. The van der Waals surface area contributed by atoms with Crippen LogP contribution in [0.4, 0.5) is 11.4 Å². The summed E-state index contributed by atoms with van der Waals surface area (Å²) in [7, 11) is 0. The third-order valence-electron chi connectivity index (χ3n) is 4.15. The minimum absolute atomic E-state index is 0.320. The summed E-state index contributed by atoms with van der Waals surface area (Å²) in [4.78, 5) is 25.2. The molecule has 2 aromatic rings. The van der Waals surface area contributed by atoms with E-state index in [0.717, 1.165) is 23.2 Å². The van der Waals surface area contributed by atoms with Crippen LogP contribution in [-0.2, 0) is 16.0 Å². The molecule has 0 bridgehead atoms. The van der Waals surface area contributed by atoms with Crippen molar-refractivity contribution in [1.29, 1.82) is 0 Å². The first kappa shape index (κ1) is 17.7. The molecule has 2 N–H and O–H groups in total. The molecule has 0 saturated heterocycles. The molecular weight excluding hydrogens is 300 g/mol. The molecule has 0 heterocycles. The Morgan fingerprint density at radius 2 is 1.54 bits per heavy atom. The van der Waals surface area contributed by atoms with Crippen molar-refractivity contribution in [2.24, 2.45) is 5.41 Å². The lowest BCUT2D eigenvalue weighted by molar-refractivity contribution is -0.135. The molecule has 2 rings (SSSR count). The average molecular weight is 324 g/mol. The van der Waals surface area contributed by atoms with E-state index in [1.54, 1.807) is 26.0 Å². The first-order chi connectivity index (χ1) is 11.4. The number of para-hydroxylation sites is 2. The molecule has 0 spiro atoms. The van der Waals surface area contributed by atoms with Gasteiger partial charge in [-0.05, 0) is 50.5 Å². The van der Waals surface area contributed by atoms with Crippen molar-refractivity contribution in [1.82, 2.24) is 0 Å². The smallest absolute Gasteiger partial charge is 0.239 e. The normalized spacial score (nSPS) is 11.0. The van der Waals surface area contributed by atoms with Gasteiger partial charge < -0.3 is 10.6 Å². The van der Waals surface area contributed by atoms with Crippen LogP contribution in [0.2, 0.25) is 0 Å². The number of hydrogen-bond donors (Lipinski definition) is 2. The van der Waals surface area contributed by atoms with Gasteiger partial charge >= 0.3 is 0 Å². The van der Waals surface area contributed by atoms with Gasteiger partial charge in [0.15, 0.2) is 0 Å². The van der Waals surface area contributed by atoms with E-state index in [4.69, 9.17) is 0 Å². The predicted octanol–water partition coefficient (Wildman–Crippen LogP) is 4.16. The van der Waals surface area contributed by atoms with Crippen LogP contribution >= 0.6 is 0 Å². The number of benzene rings is 2. The standard InChI is InChI=1S/C20H24N2O2/c1-5-15-11-9-10-14(2)17(15)22-19(24)20(3,4)18(23)21-16-12-7-6-8-13-16/h6-13H,5H2,1-4H3,(H,21,23)(H,22,24). The molecule has 0 aliphatic heterocycles. The number of aryl methyl sites for hydroxylation is 2. The molecule has 126 valence electrons. The van der Waals surface area contributed by atoms with Crippen molar-refractivity contribution >= 4 is 23.2 Å². The van der Waals surface area contributed by atoms with Crippen molar-refractivity contribution < 1.29 is 9.59 Å². The molecule has 4 nitrogen and oxygen atoms in total. The Kier molecular flexibility index (Phi) is 5.39. The number of nitrogens with one attached hydrogen (secondary N) is 2. The topological polar surface area (TPSA) is 58.2 Å². The second-order valence-corrected chi connectivity index (χ2v) is 6.36. The Labute approximate surface area is 143 Å². The number of hydrogen-bond acceptors (Lipinski definition) is 2. The summed E-state index contributed by atoms with van der Waals surface area (Å²) in [5.74, 6) is -0.655. The van der Waals surface area contributed by atoms with E-state index in [0.29, 0.717) is 5.69 Å². The fourth-order valence-corrected chi connectivity index (χ4v) is 2.38. The number of amides is 2. The molecule has 4 heteroatoms. The molecule has 2 aromatic carbocycles. The molecule has 0 aromatic heterocycles. The number of carbonyl (C=O) groups excluding carboxylic acids is 2. The monoisotopic (exact) mass is 324 g/mol. The first-order valence-corrected chi connectivity index (χ1v) is 8.12. The summed E-state index contributed by atoms with van der Waals surface area (Å²) < 4.78 is 0. The van der Waals surface area contributed by atoms with Crippen LogP contribution in [0.1, 0.15) is 31.9 Å². The highest BCUT2D eigenvalue weighted by Crippen LogP contribution is 2.26. The van der Waals surface area contributed by atoms with Crippen LogP contribution in [0.15, 0.2) is 48.5 Å². The number of carbonyl (C=O) groups is 2. The van der Waals surface area contributed by atoms with Crippen LogP contribution in [0.3, 0.4) is 0 Å². The highest BCUT2D eigenvalue weighted by Gasteiger charge is 2.36. The molecule has 2 amide bonds. The van der Waals surface area contributed by atoms with Gasteiger partial charge in [-0.15, -0.1) is 0 Å². The molecule has 0 unspecified atom stereocenters. The van der Waals surface area contributed by atoms with Gasteiger partial charge in [0.05, 0.1) is 0 Å².